The Morgan fingerprint density at radius 2 is 1.71 bits per heavy atom. The normalized spacial score (nSPS) is 12.0. The number of carbonyl (C=O) groups is 2. The molecule has 1 N–H and O–H groups in total. The second-order valence-electron chi connectivity index (χ2n) is 6.00. The van der Waals surface area contributed by atoms with Gasteiger partial charge < -0.3 is 9.84 Å². The third-order valence-corrected chi connectivity index (χ3v) is 4.38. The van der Waals surface area contributed by atoms with E-state index in [9.17, 15) is 25.2 Å². The fraction of sp³-hybridized carbons (Fsp3) is 0.0909. The molecule has 0 saturated heterocycles. The summed E-state index contributed by atoms with van der Waals surface area (Å²) in [5, 5.41) is 28.1. The standard InChI is InChI=1S/C22H14N2O4/c1-2-19(25)20(26)12-28-22(27)13-7-8-16-15-5-3-4-6-17(15)21(18(16)9-13)14(10-23)11-24/h2-9,19,25H,1,12H2. The summed E-state index contributed by atoms with van der Waals surface area (Å²) in [6.07, 6.45) is -0.351. The maximum absolute atomic E-state index is 12.3. The second-order valence-corrected chi connectivity index (χ2v) is 6.00. The summed E-state index contributed by atoms with van der Waals surface area (Å²) in [7, 11) is 0. The smallest absolute Gasteiger partial charge is 0.338 e. The lowest BCUT2D eigenvalue weighted by molar-refractivity contribution is -0.128. The number of aliphatic hydroxyl groups excluding tert-OH is 1. The third-order valence-electron chi connectivity index (χ3n) is 4.38. The topological polar surface area (TPSA) is 111 Å². The molecule has 0 bridgehead atoms. The Balaban J connectivity index is 2.00. The molecule has 0 spiro atoms. The number of ether oxygens (including phenoxy) is 1. The number of fused-ring (bicyclic) bond motifs is 3. The van der Waals surface area contributed by atoms with Gasteiger partial charge in [0.2, 0.25) is 5.78 Å². The maximum Gasteiger partial charge on any atom is 0.338 e. The van der Waals surface area contributed by atoms with Crippen LogP contribution in [0.4, 0.5) is 0 Å². The summed E-state index contributed by atoms with van der Waals surface area (Å²) in [5.41, 5.74) is 3.55. The number of nitrogens with zero attached hydrogens (tertiary/aromatic N) is 2. The number of benzene rings is 2. The number of nitriles is 2. The molecule has 0 amide bonds. The molecule has 2 aromatic rings. The lowest BCUT2D eigenvalue weighted by atomic mass is 9.98. The van der Waals surface area contributed by atoms with Gasteiger partial charge in [-0.2, -0.15) is 10.5 Å². The first kappa shape index (κ1) is 18.8. The van der Waals surface area contributed by atoms with Crippen molar-refractivity contribution in [3.8, 4) is 23.3 Å². The van der Waals surface area contributed by atoms with Crippen LogP contribution in [-0.4, -0.2) is 29.6 Å². The first-order chi connectivity index (χ1) is 13.5. The van der Waals surface area contributed by atoms with Crippen LogP contribution in [0, 0.1) is 22.7 Å². The molecule has 6 nitrogen and oxygen atoms in total. The highest BCUT2D eigenvalue weighted by molar-refractivity contribution is 6.06. The van der Waals surface area contributed by atoms with E-state index in [-0.39, 0.29) is 11.1 Å². The van der Waals surface area contributed by atoms with Crippen molar-refractivity contribution >= 4 is 17.3 Å². The highest BCUT2D eigenvalue weighted by Gasteiger charge is 2.27. The molecular formula is C22H14N2O4. The van der Waals surface area contributed by atoms with Gasteiger partial charge in [0.05, 0.1) is 5.56 Å². The summed E-state index contributed by atoms with van der Waals surface area (Å²) in [6.45, 7) is 2.71. The fourth-order valence-corrected chi connectivity index (χ4v) is 3.04. The summed E-state index contributed by atoms with van der Waals surface area (Å²) >= 11 is 0. The molecule has 0 aromatic heterocycles. The van der Waals surface area contributed by atoms with Crippen molar-refractivity contribution in [1.82, 2.24) is 0 Å². The van der Waals surface area contributed by atoms with E-state index in [1.807, 2.05) is 36.4 Å². The molecule has 1 aliphatic carbocycles. The Kier molecular flexibility index (Phi) is 5.17. The summed E-state index contributed by atoms with van der Waals surface area (Å²) in [6, 6.07) is 16.0. The minimum absolute atomic E-state index is 0.0546. The Labute approximate surface area is 161 Å². The zero-order valence-corrected chi connectivity index (χ0v) is 14.7. The number of aliphatic hydroxyl groups is 1. The molecule has 28 heavy (non-hydrogen) atoms. The molecule has 3 rings (SSSR count). The molecule has 1 aliphatic rings. The summed E-state index contributed by atoms with van der Waals surface area (Å²) in [4.78, 5) is 23.9. The van der Waals surface area contributed by atoms with E-state index < -0.39 is 24.5 Å². The van der Waals surface area contributed by atoms with E-state index in [2.05, 4.69) is 6.58 Å². The van der Waals surface area contributed by atoms with Crippen LogP contribution in [-0.2, 0) is 9.53 Å². The van der Waals surface area contributed by atoms with Gasteiger partial charge in [0.1, 0.15) is 23.8 Å². The first-order valence-electron chi connectivity index (χ1n) is 8.31. The third kappa shape index (κ3) is 3.21. The van der Waals surface area contributed by atoms with Crippen LogP contribution in [0.5, 0.6) is 0 Å². The van der Waals surface area contributed by atoms with Gasteiger partial charge in [-0.1, -0.05) is 36.4 Å². The van der Waals surface area contributed by atoms with Crippen LogP contribution in [0.3, 0.4) is 0 Å². The highest BCUT2D eigenvalue weighted by atomic mass is 16.5. The average Bonchev–Trinajstić information content (AvgIpc) is 3.06. The van der Waals surface area contributed by atoms with Crippen molar-refractivity contribution < 1.29 is 19.4 Å². The van der Waals surface area contributed by atoms with E-state index in [4.69, 9.17) is 4.74 Å². The Morgan fingerprint density at radius 3 is 2.36 bits per heavy atom. The van der Waals surface area contributed by atoms with Crippen LogP contribution in [0.1, 0.15) is 21.5 Å². The number of allylic oxidation sites excluding steroid dienone is 1. The van der Waals surface area contributed by atoms with Crippen molar-refractivity contribution in [3.05, 3.63) is 77.4 Å². The van der Waals surface area contributed by atoms with Gasteiger partial charge in [0.15, 0.2) is 6.61 Å². The van der Waals surface area contributed by atoms with Crippen molar-refractivity contribution in [1.29, 1.82) is 10.5 Å². The lowest BCUT2D eigenvalue weighted by Crippen LogP contribution is -2.24. The van der Waals surface area contributed by atoms with Gasteiger partial charge in [0.25, 0.3) is 0 Å². The lowest BCUT2D eigenvalue weighted by Gasteiger charge is -2.08. The molecule has 1 atom stereocenters. The number of hydrogen-bond donors (Lipinski definition) is 1. The van der Waals surface area contributed by atoms with E-state index in [0.717, 1.165) is 22.8 Å². The van der Waals surface area contributed by atoms with Gasteiger partial charge >= 0.3 is 5.97 Å². The molecule has 0 fully saturated rings. The van der Waals surface area contributed by atoms with Crippen molar-refractivity contribution in [2.24, 2.45) is 0 Å². The van der Waals surface area contributed by atoms with Crippen molar-refractivity contribution in [3.63, 3.8) is 0 Å². The Bertz CT molecular complexity index is 1100. The zero-order valence-electron chi connectivity index (χ0n) is 14.7. The van der Waals surface area contributed by atoms with Crippen LogP contribution in [0.2, 0.25) is 0 Å². The SMILES string of the molecule is C=CC(O)C(=O)COC(=O)c1ccc2c(c1)C(=C(C#N)C#N)c1ccccc1-2. The number of hydrogen-bond acceptors (Lipinski definition) is 6. The van der Waals surface area contributed by atoms with Gasteiger partial charge in [-0.3, -0.25) is 4.79 Å². The van der Waals surface area contributed by atoms with Gasteiger partial charge in [0, 0.05) is 5.57 Å². The molecule has 0 saturated carbocycles. The second kappa shape index (κ2) is 7.71. The van der Waals surface area contributed by atoms with Gasteiger partial charge in [-0.25, -0.2) is 4.79 Å². The van der Waals surface area contributed by atoms with Gasteiger partial charge in [-0.15, -0.1) is 6.58 Å². The van der Waals surface area contributed by atoms with Gasteiger partial charge in [-0.05, 0) is 34.4 Å². The Morgan fingerprint density at radius 1 is 1.07 bits per heavy atom. The summed E-state index contributed by atoms with van der Waals surface area (Å²) < 4.78 is 4.96. The van der Waals surface area contributed by atoms with Crippen molar-refractivity contribution in [2.75, 3.05) is 6.61 Å². The van der Waals surface area contributed by atoms with Crippen LogP contribution < -0.4 is 0 Å². The molecule has 0 radical (unpaired) electrons. The number of rotatable bonds is 5. The zero-order chi connectivity index (χ0) is 20.3. The average molecular weight is 370 g/mol. The molecule has 1 unspecified atom stereocenters. The number of Topliss-reactive ketones (excluding diaryl/α,β-unsaturated/α-hetero) is 1. The minimum Gasteiger partial charge on any atom is -0.454 e. The maximum atomic E-state index is 12.3. The minimum atomic E-state index is -1.40. The quantitative estimate of drug-likeness (QED) is 0.420. The largest absolute Gasteiger partial charge is 0.454 e. The van der Waals surface area contributed by atoms with E-state index in [1.54, 1.807) is 12.1 Å². The monoisotopic (exact) mass is 370 g/mol. The summed E-state index contributed by atoms with van der Waals surface area (Å²) in [5.74, 6) is -1.44. The van der Waals surface area contributed by atoms with Crippen LogP contribution in [0.25, 0.3) is 16.7 Å². The number of carbonyl (C=O) groups excluding carboxylic acids is 2. The molecule has 6 heteroatoms. The fourth-order valence-electron chi connectivity index (χ4n) is 3.04. The van der Waals surface area contributed by atoms with E-state index in [1.165, 1.54) is 6.07 Å². The van der Waals surface area contributed by atoms with Crippen LogP contribution in [0.15, 0.2) is 60.7 Å². The molecular weight excluding hydrogens is 356 g/mol. The number of ketones is 1. The van der Waals surface area contributed by atoms with E-state index in [0.29, 0.717) is 11.1 Å². The molecule has 2 aromatic carbocycles. The van der Waals surface area contributed by atoms with E-state index >= 15 is 0 Å². The highest BCUT2D eigenvalue weighted by Crippen LogP contribution is 2.45. The first-order valence-corrected chi connectivity index (χ1v) is 8.31. The molecule has 0 aliphatic heterocycles. The predicted molar refractivity (Wildman–Crippen MR) is 101 cm³/mol. The molecule has 0 heterocycles. The Hall–Kier alpha value is -4.00. The van der Waals surface area contributed by atoms with Crippen molar-refractivity contribution in [2.45, 2.75) is 6.10 Å². The molecule has 136 valence electrons. The number of esters is 1. The predicted octanol–water partition coefficient (Wildman–Crippen LogP) is 2.79. The van der Waals surface area contributed by atoms with Crippen LogP contribution >= 0.6 is 0 Å².